The average molecular weight is 306 g/mol. The smallest absolute Gasteiger partial charge is 0.0714 e. The molecule has 2 unspecified atom stereocenters. The molecule has 0 aliphatic heterocycles. The lowest BCUT2D eigenvalue weighted by Gasteiger charge is -2.04. The first kappa shape index (κ1) is 8.15. The fraction of sp³-hybridized carbons (Fsp3) is 1.00. The van der Waals surface area contributed by atoms with Crippen LogP contribution >= 0.6 is 31.9 Å². The van der Waals surface area contributed by atoms with Gasteiger partial charge in [0, 0.05) is 10.8 Å². The molecule has 0 N–H and O–H groups in total. The SMILES string of the molecule is BrC1(Br)C2(CC2)C12C1CCCCC12. The first-order valence-electron chi connectivity index (χ1n) is 5.56. The molecule has 4 saturated carbocycles. The monoisotopic (exact) mass is 304 g/mol. The third-order valence-electron chi connectivity index (χ3n) is 5.43. The maximum atomic E-state index is 3.96. The summed E-state index contributed by atoms with van der Waals surface area (Å²) >= 11 is 7.92. The Kier molecular flexibility index (Phi) is 1.21. The van der Waals surface area contributed by atoms with Gasteiger partial charge in [0.15, 0.2) is 0 Å². The number of hydrogen-bond acceptors (Lipinski definition) is 0. The van der Waals surface area contributed by atoms with Crippen molar-refractivity contribution in [3.63, 3.8) is 0 Å². The number of rotatable bonds is 0. The van der Waals surface area contributed by atoms with Crippen LogP contribution in [0.1, 0.15) is 38.5 Å². The van der Waals surface area contributed by atoms with E-state index in [9.17, 15) is 0 Å². The molecule has 2 heteroatoms. The minimum Gasteiger partial charge on any atom is -0.0714 e. The summed E-state index contributed by atoms with van der Waals surface area (Å²) in [5, 5.41) is 0. The molecule has 0 radical (unpaired) electrons. The molecule has 2 atom stereocenters. The second-order valence-corrected chi connectivity index (χ2v) is 8.97. The van der Waals surface area contributed by atoms with Gasteiger partial charge in [-0.05, 0) is 37.5 Å². The van der Waals surface area contributed by atoms with Crippen molar-refractivity contribution in [1.82, 2.24) is 0 Å². The summed E-state index contributed by atoms with van der Waals surface area (Å²) in [6.45, 7) is 0. The van der Waals surface area contributed by atoms with Crippen LogP contribution in [0, 0.1) is 22.7 Å². The molecular formula is C11H14Br2. The van der Waals surface area contributed by atoms with E-state index in [1.165, 1.54) is 38.5 Å². The van der Waals surface area contributed by atoms with Crippen molar-refractivity contribution < 1.29 is 0 Å². The van der Waals surface area contributed by atoms with E-state index in [0.717, 1.165) is 22.7 Å². The van der Waals surface area contributed by atoms with Crippen LogP contribution in [0.3, 0.4) is 0 Å². The summed E-state index contributed by atoms with van der Waals surface area (Å²) in [6, 6.07) is 0. The van der Waals surface area contributed by atoms with Gasteiger partial charge < -0.3 is 0 Å². The zero-order valence-corrected chi connectivity index (χ0v) is 10.8. The van der Waals surface area contributed by atoms with Crippen LogP contribution in [0.25, 0.3) is 0 Å². The molecule has 0 bridgehead atoms. The summed E-state index contributed by atoms with van der Waals surface area (Å²) in [4.78, 5) is 0. The van der Waals surface area contributed by atoms with Gasteiger partial charge >= 0.3 is 0 Å². The molecule has 72 valence electrons. The molecule has 4 aliphatic rings. The first-order valence-corrected chi connectivity index (χ1v) is 7.15. The van der Waals surface area contributed by atoms with Crippen LogP contribution in [0.2, 0.25) is 0 Å². The number of fused-ring (bicyclic) bond motifs is 4. The summed E-state index contributed by atoms with van der Waals surface area (Å²) in [5.41, 5.74) is 1.45. The van der Waals surface area contributed by atoms with Gasteiger partial charge in [0.05, 0.1) is 3.23 Å². The average Bonchev–Trinajstić information content (AvgIpc) is 2.98. The lowest BCUT2D eigenvalue weighted by Crippen LogP contribution is -1.91. The molecule has 0 aromatic heterocycles. The zero-order valence-electron chi connectivity index (χ0n) is 7.65. The summed E-state index contributed by atoms with van der Waals surface area (Å²) in [6.07, 6.45) is 8.99. The van der Waals surface area contributed by atoms with Crippen molar-refractivity contribution in [2.75, 3.05) is 0 Å². The lowest BCUT2D eigenvalue weighted by atomic mass is 10.0. The van der Waals surface area contributed by atoms with Crippen LogP contribution in [-0.2, 0) is 0 Å². The predicted octanol–water partition coefficient (Wildman–Crippen LogP) is 4.07. The van der Waals surface area contributed by atoms with E-state index in [-0.39, 0.29) is 0 Å². The molecule has 0 nitrogen and oxygen atoms in total. The fourth-order valence-corrected chi connectivity index (χ4v) is 7.99. The summed E-state index contributed by atoms with van der Waals surface area (Å²) in [7, 11) is 0. The highest BCUT2D eigenvalue weighted by Crippen LogP contribution is 3.03. The van der Waals surface area contributed by atoms with Crippen LogP contribution in [0.5, 0.6) is 0 Å². The van der Waals surface area contributed by atoms with Gasteiger partial charge in [-0.3, -0.25) is 0 Å². The minimum atomic E-state index is 0.375. The molecule has 4 aliphatic carbocycles. The Bertz CT molecular complexity index is 272. The van der Waals surface area contributed by atoms with Gasteiger partial charge in [-0.25, -0.2) is 0 Å². The Hall–Kier alpha value is 0.960. The zero-order chi connectivity index (χ0) is 8.90. The van der Waals surface area contributed by atoms with E-state index in [2.05, 4.69) is 31.9 Å². The van der Waals surface area contributed by atoms with Crippen molar-refractivity contribution in [3.8, 4) is 0 Å². The van der Waals surface area contributed by atoms with Crippen molar-refractivity contribution in [3.05, 3.63) is 0 Å². The largest absolute Gasteiger partial charge is 0.0935 e. The Morgan fingerprint density at radius 2 is 1.46 bits per heavy atom. The molecule has 0 aromatic carbocycles. The fourth-order valence-electron chi connectivity index (χ4n) is 4.81. The molecule has 2 spiro atoms. The maximum Gasteiger partial charge on any atom is 0.0935 e. The Morgan fingerprint density at radius 3 is 1.85 bits per heavy atom. The van der Waals surface area contributed by atoms with Gasteiger partial charge in [0.2, 0.25) is 0 Å². The molecule has 4 fully saturated rings. The van der Waals surface area contributed by atoms with Crippen molar-refractivity contribution in [2.24, 2.45) is 22.7 Å². The van der Waals surface area contributed by atoms with Crippen molar-refractivity contribution >= 4 is 31.9 Å². The molecule has 0 saturated heterocycles. The van der Waals surface area contributed by atoms with Crippen LogP contribution in [-0.4, -0.2) is 3.23 Å². The van der Waals surface area contributed by atoms with Crippen LogP contribution < -0.4 is 0 Å². The van der Waals surface area contributed by atoms with Crippen LogP contribution in [0.15, 0.2) is 0 Å². The standard InChI is InChI=1S/C11H14Br2/c12-11(13)9(5-6-9)10(11)7-3-1-2-4-8(7)10/h7-8H,1-6H2. The van der Waals surface area contributed by atoms with E-state index in [1.54, 1.807) is 0 Å². The second kappa shape index (κ2) is 1.93. The van der Waals surface area contributed by atoms with Crippen molar-refractivity contribution in [1.29, 1.82) is 0 Å². The van der Waals surface area contributed by atoms with E-state index >= 15 is 0 Å². The molecule has 0 aromatic rings. The number of alkyl halides is 2. The Morgan fingerprint density at radius 1 is 0.923 bits per heavy atom. The van der Waals surface area contributed by atoms with Gasteiger partial charge in [-0.2, -0.15) is 0 Å². The highest BCUT2D eigenvalue weighted by atomic mass is 79.9. The molecular weight excluding hydrogens is 292 g/mol. The number of hydrogen-bond donors (Lipinski definition) is 0. The highest BCUT2D eigenvalue weighted by Gasteiger charge is 3.00. The van der Waals surface area contributed by atoms with Gasteiger partial charge in [0.1, 0.15) is 0 Å². The third kappa shape index (κ3) is 0.577. The first-order chi connectivity index (χ1) is 6.18. The maximum absolute atomic E-state index is 3.96. The normalized spacial score (nSPS) is 57.7. The second-order valence-electron chi connectivity index (χ2n) is 5.52. The summed E-state index contributed by atoms with van der Waals surface area (Å²) < 4.78 is 0.375. The Balaban J connectivity index is 1.76. The van der Waals surface area contributed by atoms with E-state index < -0.39 is 0 Å². The Labute approximate surface area is 96.1 Å². The van der Waals surface area contributed by atoms with E-state index in [0.29, 0.717) is 3.23 Å². The highest BCUT2D eigenvalue weighted by molar-refractivity contribution is 9.25. The quantitative estimate of drug-likeness (QED) is 0.592. The van der Waals surface area contributed by atoms with Crippen molar-refractivity contribution in [2.45, 2.75) is 41.8 Å². The molecule has 0 heterocycles. The molecule has 4 rings (SSSR count). The topological polar surface area (TPSA) is 0 Å². The minimum absolute atomic E-state index is 0.375. The van der Waals surface area contributed by atoms with E-state index in [1.807, 2.05) is 0 Å². The van der Waals surface area contributed by atoms with Gasteiger partial charge in [0.25, 0.3) is 0 Å². The molecule has 0 amide bonds. The van der Waals surface area contributed by atoms with Gasteiger partial charge in [-0.15, -0.1) is 0 Å². The van der Waals surface area contributed by atoms with E-state index in [4.69, 9.17) is 0 Å². The predicted molar refractivity (Wildman–Crippen MR) is 60.1 cm³/mol. The lowest BCUT2D eigenvalue weighted by molar-refractivity contribution is 0.480. The number of halogens is 2. The molecule has 13 heavy (non-hydrogen) atoms. The van der Waals surface area contributed by atoms with Gasteiger partial charge in [-0.1, -0.05) is 44.7 Å². The third-order valence-corrected chi connectivity index (χ3v) is 8.26. The van der Waals surface area contributed by atoms with Crippen LogP contribution in [0.4, 0.5) is 0 Å². The summed E-state index contributed by atoms with van der Waals surface area (Å²) in [5.74, 6) is 2.17.